The van der Waals surface area contributed by atoms with Crippen LogP contribution in [-0.2, 0) is 9.47 Å². The van der Waals surface area contributed by atoms with Crippen molar-refractivity contribution in [3.63, 3.8) is 0 Å². The number of likely N-dealkylation sites (tertiary alicyclic amines) is 1. The molecule has 0 saturated carbocycles. The SMILES string of the molecule is CC(CN1CCOCC1)NC1CCN(C2CCOCC2)CC1. The fraction of sp³-hybridized carbons (Fsp3) is 1.00. The van der Waals surface area contributed by atoms with E-state index < -0.39 is 0 Å². The predicted octanol–water partition coefficient (Wildman–Crippen LogP) is 0.940. The van der Waals surface area contributed by atoms with Crippen molar-refractivity contribution >= 4 is 0 Å². The Morgan fingerprint density at radius 1 is 0.909 bits per heavy atom. The third-order valence-corrected chi connectivity index (χ3v) is 5.39. The smallest absolute Gasteiger partial charge is 0.0594 e. The van der Waals surface area contributed by atoms with Gasteiger partial charge >= 0.3 is 0 Å². The van der Waals surface area contributed by atoms with E-state index >= 15 is 0 Å². The summed E-state index contributed by atoms with van der Waals surface area (Å²) < 4.78 is 10.9. The van der Waals surface area contributed by atoms with Crippen LogP contribution in [0.3, 0.4) is 0 Å². The second kappa shape index (κ2) is 8.60. The van der Waals surface area contributed by atoms with Crippen LogP contribution in [0.5, 0.6) is 0 Å². The van der Waals surface area contributed by atoms with Gasteiger partial charge in [-0.2, -0.15) is 0 Å². The molecule has 1 unspecified atom stereocenters. The Kier molecular flexibility index (Phi) is 6.51. The van der Waals surface area contributed by atoms with E-state index in [1.54, 1.807) is 0 Å². The van der Waals surface area contributed by atoms with Crippen LogP contribution in [0.4, 0.5) is 0 Å². The summed E-state index contributed by atoms with van der Waals surface area (Å²) in [6, 6.07) is 2.06. The van der Waals surface area contributed by atoms with Gasteiger partial charge in [-0.15, -0.1) is 0 Å². The molecule has 3 aliphatic rings. The van der Waals surface area contributed by atoms with Crippen molar-refractivity contribution in [2.24, 2.45) is 0 Å². The third kappa shape index (κ3) is 4.90. The quantitative estimate of drug-likeness (QED) is 0.818. The van der Waals surface area contributed by atoms with Crippen molar-refractivity contribution in [3.05, 3.63) is 0 Å². The van der Waals surface area contributed by atoms with Gasteiger partial charge in [0.15, 0.2) is 0 Å². The molecule has 0 aromatic carbocycles. The highest BCUT2D eigenvalue weighted by Crippen LogP contribution is 2.20. The van der Waals surface area contributed by atoms with Gasteiger partial charge in [-0.05, 0) is 45.7 Å². The summed E-state index contributed by atoms with van der Waals surface area (Å²) in [5.74, 6) is 0. The van der Waals surface area contributed by atoms with E-state index in [2.05, 4.69) is 22.0 Å². The van der Waals surface area contributed by atoms with Crippen molar-refractivity contribution in [2.75, 3.05) is 59.2 Å². The summed E-state index contributed by atoms with van der Waals surface area (Å²) in [6.45, 7) is 11.9. The maximum Gasteiger partial charge on any atom is 0.0594 e. The summed E-state index contributed by atoms with van der Waals surface area (Å²) in [5, 5.41) is 3.86. The molecule has 5 heteroatoms. The molecular weight excluding hydrogens is 278 g/mol. The Bertz CT molecular complexity index is 309. The van der Waals surface area contributed by atoms with Gasteiger partial charge in [0.1, 0.15) is 0 Å². The van der Waals surface area contributed by atoms with Crippen molar-refractivity contribution in [1.29, 1.82) is 0 Å². The Morgan fingerprint density at radius 3 is 2.23 bits per heavy atom. The molecule has 0 amide bonds. The Hall–Kier alpha value is -0.200. The van der Waals surface area contributed by atoms with Crippen LogP contribution in [-0.4, -0.2) is 87.1 Å². The van der Waals surface area contributed by atoms with Gasteiger partial charge in [0.25, 0.3) is 0 Å². The summed E-state index contributed by atoms with van der Waals surface area (Å²) in [6.07, 6.45) is 5.05. The molecule has 0 bridgehead atoms. The summed E-state index contributed by atoms with van der Waals surface area (Å²) in [4.78, 5) is 5.23. The summed E-state index contributed by atoms with van der Waals surface area (Å²) >= 11 is 0. The maximum atomic E-state index is 5.48. The predicted molar refractivity (Wildman–Crippen MR) is 88.3 cm³/mol. The number of nitrogens with zero attached hydrogens (tertiary/aromatic N) is 2. The first kappa shape index (κ1) is 16.7. The number of hydrogen-bond acceptors (Lipinski definition) is 5. The number of ether oxygens (including phenoxy) is 2. The van der Waals surface area contributed by atoms with E-state index in [1.165, 1.54) is 38.8 Å². The molecule has 0 aromatic rings. The summed E-state index contributed by atoms with van der Waals surface area (Å²) in [5.41, 5.74) is 0. The van der Waals surface area contributed by atoms with E-state index in [1.807, 2.05) is 0 Å². The number of piperidine rings is 1. The minimum absolute atomic E-state index is 0.581. The average Bonchev–Trinajstić information content (AvgIpc) is 2.57. The number of nitrogens with one attached hydrogen (secondary N) is 1. The fourth-order valence-corrected chi connectivity index (χ4v) is 4.11. The van der Waals surface area contributed by atoms with Crippen molar-refractivity contribution in [1.82, 2.24) is 15.1 Å². The molecule has 0 spiro atoms. The average molecular weight is 311 g/mol. The molecule has 3 saturated heterocycles. The molecule has 128 valence electrons. The largest absolute Gasteiger partial charge is 0.381 e. The van der Waals surface area contributed by atoms with E-state index in [-0.39, 0.29) is 0 Å². The van der Waals surface area contributed by atoms with Gasteiger partial charge in [0, 0.05) is 51.0 Å². The highest BCUT2D eigenvalue weighted by molar-refractivity contribution is 4.84. The zero-order chi connectivity index (χ0) is 15.2. The topological polar surface area (TPSA) is 37.0 Å². The highest BCUT2D eigenvalue weighted by Gasteiger charge is 2.27. The molecule has 0 aliphatic carbocycles. The van der Waals surface area contributed by atoms with Crippen molar-refractivity contribution in [2.45, 2.75) is 50.7 Å². The van der Waals surface area contributed by atoms with E-state index in [0.29, 0.717) is 12.1 Å². The number of morpholine rings is 1. The van der Waals surface area contributed by atoms with E-state index in [9.17, 15) is 0 Å². The minimum Gasteiger partial charge on any atom is -0.381 e. The van der Waals surface area contributed by atoms with Crippen molar-refractivity contribution < 1.29 is 9.47 Å². The summed E-state index contributed by atoms with van der Waals surface area (Å²) in [7, 11) is 0. The fourth-order valence-electron chi connectivity index (χ4n) is 4.11. The van der Waals surface area contributed by atoms with Crippen LogP contribution in [0.1, 0.15) is 32.6 Å². The van der Waals surface area contributed by atoms with Gasteiger partial charge < -0.3 is 19.7 Å². The number of hydrogen-bond donors (Lipinski definition) is 1. The van der Waals surface area contributed by atoms with Gasteiger partial charge in [-0.3, -0.25) is 4.90 Å². The Labute approximate surface area is 135 Å². The molecule has 0 radical (unpaired) electrons. The Morgan fingerprint density at radius 2 is 1.55 bits per heavy atom. The van der Waals surface area contributed by atoms with E-state index in [4.69, 9.17) is 9.47 Å². The molecule has 3 aliphatic heterocycles. The zero-order valence-corrected chi connectivity index (χ0v) is 14.1. The van der Waals surface area contributed by atoms with Gasteiger partial charge in [-0.25, -0.2) is 0 Å². The van der Waals surface area contributed by atoms with Crippen molar-refractivity contribution in [3.8, 4) is 0 Å². The van der Waals surface area contributed by atoms with Gasteiger partial charge in [-0.1, -0.05) is 0 Å². The molecular formula is C17H33N3O2. The minimum atomic E-state index is 0.581. The second-order valence-electron chi connectivity index (χ2n) is 7.13. The lowest BCUT2D eigenvalue weighted by molar-refractivity contribution is 0.0211. The standard InChI is InChI=1S/C17H33N3O2/c1-15(14-19-8-12-22-13-9-19)18-16-2-6-20(7-3-16)17-4-10-21-11-5-17/h15-18H,2-14H2,1H3. The van der Waals surface area contributed by atoms with Crippen LogP contribution in [0, 0.1) is 0 Å². The molecule has 22 heavy (non-hydrogen) atoms. The van der Waals surface area contributed by atoms with Crippen LogP contribution >= 0.6 is 0 Å². The third-order valence-electron chi connectivity index (χ3n) is 5.39. The van der Waals surface area contributed by atoms with E-state index in [0.717, 1.165) is 52.1 Å². The molecule has 3 rings (SSSR count). The lowest BCUT2D eigenvalue weighted by atomic mass is 9.99. The first-order chi connectivity index (χ1) is 10.8. The number of rotatable bonds is 5. The van der Waals surface area contributed by atoms with Crippen LogP contribution in [0.2, 0.25) is 0 Å². The maximum absolute atomic E-state index is 5.48. The zero-order valence-electron chi connectivity index (χ0n) is 14.1. The van der Waals surface area contributed by atoms with Crippen LogP contribution < -0.4 is 5.32 Å². The monoisotopic (exact) mass is 311 g/mol. The lowest BCUT2D eigenvalue weighted by Crippen LogP contribution is -2.52. The highest BCUT2D eigenvalue weighted by atomic mass is 16.5. The normalized spacial score (nSPS) is 28.8. The first-order valence-electron chi connectivity index (χ1n) is 9.19. The molecule has 1 atom stereocenters. The van der Waals surface area contributed by atoms with Crippen LogP contribution in [0.25, 0.3) is 0 Å². The lowest BCUT2D eigenvalue weighted by Gasteiger charge is -2.40. The molecule has 5 nitrogen and oxygen atoms in total. The van der Waals surface area contributed by atoms with Gasteiger partial charge in [0.05, 0.1) is 13.2 Å². The first-order valence-corrected chi connectivity index (χ1v) is 9.19. The molecule has 1 N–H and O–H groups in total. The van der Waals surface area contributed by atoms with Gasteiger partial charge in [0.2, 0.25) is 0 Å². The molecule has 3 fully saturated rings. The second-order valence-corrected chi connectivity index (χ2v) is 7.13. The molecule has 0 aromatic heterocycles. The molecule has 3 heterocycles. The Balaban J connectivity index is 1.34. The van der Waals surface area contributed by atoms with Crippen LogP contribution in [0.15, 0.2) is 0 Å².